The molecule has 0 bridgehead atoms. The van der Waals surface area contributed by atoms with Gasteiger partial charge in [-0.05, 0) is 86.0 Å². The predicted octanol–water partition coefficient (Wildman–Crippen LogP) is 6.56. The zero-order valence-electron chi connectivity index (χ0n) is 26.5. The number of nitrogens with zero attached hydrogens (tertiary/aromatic N) is 2. The molecule has 0 atom stereocenters. The molecular formula is C36H35ClN2O7S. The summed E-state index contributed by atoms with van der Waals surface area (Å²) in [5.41, 5.74) is 3.45. The van der Waals surface area contributed by atoms with E-state index in [-0.39, 0.29) is 40.8 Å². The number of methoxy groups -OCH3 is 2. The Morgan fingerprint density at radius 1 is 0.894 bits per heavy atom. The monoisotopic (exact) mass is 674 g/mol. The van der Waals surface area contributed by atoms with Crippen LogP contribution in [0, 0.1) is 6.92 Å². The van der Waals surface area contributed by atoms with Crippen LogP contribution in [0.5, 0.6) is 5.75 Å². The van der Waals surface area contributed by atoms with Crippen molar-refractivity contribution >= 4 is 39.6 Å². The van der Waals surface area contributed by atoms with Gasteiger partial charge < -0.3 is 18.8 Å². The van der Waals surface area contributed by atoms with E-state index < -0.39 is 16.0 Å². The summed E-state index contributed by atoms with van der Waals surface area (Å²) in [7, 11) is -1.07. The second-order valence-corrected chi connectivity index (χ2v) is 13.5. The van der Waals surface area contributed by atoms with Crippen molar-refractivity contribution in [1.82, 2.24) is 9.21 Å². The molecule has 11 heteroatoms. The summed E-state index contributed by atoms with van der Waals surface area (Å²) in [5.74, 6) is 0.371. The SMILES string of the molecule is COC(=O)C1=C(C)N(CCc2ccc(OC)cc2)C(=O)/C1=C/c1ccc(CN(Cc2ccc(Cl)cc2)S(=O)(=O)c2ccc(C)cc2)o1. The smallest absolute Gasteiger partial charge is 0.340 e. The molecule has 0 N–H and O–H groups in total. The van der Waals surface area contributed by atoms with Gasteiger partial charge in [-0.3, -0.25) is 4.79 Å². The van der Waals surface area contributed by atoms with Gasteiger partial charge in [-0.1, -0.05) is 53.6 Å². The summed E-state index contributed by atoms with van der Waals surface area (Å²) in [6.45, 7) is 3.92. The zero-order chi connectivity index (χ0) is 33.7. The first-order valence-corrected chi connectivity index (χ1v) is 16.7. The van der Waals surface area contributed by atoms with Crippen LogP contribution in [0.1, 0.15) is 35.1 Å². The molecule has 0 unspecified atom stereocenters. The lowest BCUT2D eigenvalue weighted by Gasteiger charge is -2.21. The van der Waals surface area contributed by atoms with Crippen LogP contribution in [-0.2, 0) is 43.9 Å². The minimum Gasteiger partial charge on any atom is -0.497 e. The molecule has 5 rings (SSSR count). The van der Waals surface area contributed by atoms with E-state index >= 15 is 0 Å². The van der Waals surface area contributed by atoms with Gasteiger partial charge in [0.1, 0.15) is 17.3 Å². The van der Waals surface area contributed by atoms with Crippen molar-refractivity contribution in [3.63, 3.8) is 0 Å². The molecule has 0 saturated heterocycles. The average molecular weight is 675 g/mol. The van der Waals surface area contributed by atoms with Gasteiger partial charge in [0.15, 0.2) is 0 Å². The van der Waals surface area contributed by atoms with Gasteiger partial charge in [-0.15, -0.1) is 0 Å². The number of esters is 1. The summed E-state index contributed by atoms with van der Waals surface area (Å²) < 4.78 is 45.2. The van der Waals surface area contributed by atoms with E-state index in [9.17, 15) is 18.0 Å². The highest BCUT2D eigenvalue weighted by atomic mass is 35.5. The summed E-state index contributed by atoms with van der Waals surface area (Å²) >= 11 is 6.06. The molecule has 244 valence electrons. The molecular weight excluding hydrogens is 640 g/mol. The van der Waals surface area contributed by atoms with Crippen LogP contribution in [0.2, 0.25) is 5.02 Å². The normalized spacial score (nSPS) is 14.4. The average Bonchev–Trinajstić information content (AvgIpc) is 3.61. The number of carbonyl (C=O) groups is 2. The lowest BCUT2D eigenvalue weighted by molar-refractivity contribution is -0.136. The fourth-order valence-corrected chi connectivity index (χ4v) is 6.80. The van der Waals surface area contributed by atoms with Crippen molar-refractivity contribution < 1.29 is 31.9 Å². The van der Waals surface area contributed by atoms with Crippen molar-refractivity contribution in [3.05, 3.63) is 135 Å². The zero-order valence-corrected chi connectivity index (χ0v) is 28.1. The van der Waals surface area contributed by atoms with Crippen molar-refractivity contribution in [2.75, 3.05) is 20.8 Å². The van der Waals surface area contributed by atoms with Crippen molar-refractivity contribution in [1.29, 1.82) is 0 Å². The number of ether oxygens (including phenoxy) is 2. The maximum atomic E-state index is 13.8. The largest absolute Gasteiger partial charge is 0.497 e. The minimum atomic E-state index is -3.93. The van der Waals surface area contributed by atoms with Crippen LogP contribution in [0.25, 0.3) is 6.08 Å². The Morgan fingerprint density at radius 2 is 1.55 bits per heavy atom. The Kier molecular flexibility index (Phi) is 10.3. The number of amides is 1. The Labute approximate surface area is 279 Å². The fourth-order valence-electron chi connectivity index (χ4n) is 5.28. The van der Waals surface area contributed by atoms with Crippen LogP contribution in [-0.4, -0.2) is 50.3 Å². The molecule has 0 radical (unpaired) electrons. The van der Waals surface area contributed by atoms with Gasteiger partial charge in [0.05, 0.1) is 36.8 Å². The first-order valence-electron chi connectivity index (χ1n) is 14.9. The van der Waals surface area contributed by atoms with E-state index in [0.29, 0.717) is 29.4 Å². The van der Waals surface area contributed by atoms with E-state index in [0.717, 1.165) is 22.4 Å². The number of rotatable bonds is 12. The Morgan fingerprint density at radius 3 is 2.19 bits per heavy atom. The molecule has 0 saturated carbocycles. The number of hydrogen-bond acceptors (Lipinski definition) is 7. The molecule has 0 spiro atoms. The van der Waals surface area contributed by atoms with Crippen LogP contribution < -0.4 is 4.74 Å². The standard InChI is InChI=1S/C36H35ClN2O7S/c1-24-5-17-32(18-6-24)47(42,43)38(22-27-7-11-28(37)12-8-27)23-31-16-15-30(46-31)21-33-34(36(41)45-4)25(2)39(35(33)40)20-19-26-9-13-29(44-3)14-10-26/h5-18,21H,19-20,22-23H2,1-4H3/b33-21+. The van der Waals surface area contributed by atoms with E-state index in [1.165, 1.54) is 17.5 Å². The van der Waals surface area contributed by atoms with Gasteiger partial charge in [0.25, 0.3) is 5.91 Å². The number of allylic oxidation sites excluding steroid dienone is 1. The maximum absolute atomic E-state index is 13.8. The third-order valence-electron chi connectivity index (χ3n) is 7.92. The summed E-state index contributed by atoms with van der Waals surface area (Å²) in [6.07, 6.45) is 2.05. The topological polar surface area (TPSA) is 106 Å². The number of carbonyl (C=O) groups excluding carboxylic acids is 2. The van der Waals surface area contributed by atoms with Crippen molar-refractivity contribution in [3.8, 4) is 5.75 Å². The minimum absolute atomic E-state index is 0.0700. The third-order valence-corrected chi connectivity index (χ3v) is 9.97. The Hall–Kier alpha value is -4.64. The first kappa shape index (κ1) is 33.7. The molecule has 1 amide bonds. The molecule has 1 aliphatic heterocycles. The van der Waals surface area contributed by atoms with E-state index in [1.807, 2.05) is 31.2 Å². The van der Waals surface area contributed by atoms with Crippen molar-refractivity contribution in [2.45, 2.75) is 38.3 Å². The molecule has 1 aliphatic rings. The number of sulfonamides is 1. The fraction of sp³-hybridized carbons (Fsp3) is 0.222. The summed E-state index contributed by atoms with van der Waals surface area (Å²) in [6, 6.07) is 24.5. The molecule has 0 aliphatic carbocycles. The first-order chi connectivity index (χ1) is 22.5. The van der Waals surface area contributed by atoms with Crippen molar-refractivity contribution in [2.24, 2.45) is 0 Å². The number of hydrogen-bond donors (Lipinski definition) is 0. The molecule has 1 aromatic heterocycles. The molecule has 47 heavy (non-hydrogen) atoms. The van der Waals surface area contributed by atoms with E-state index in [2.05, 4.69) is 0 Å². The van der Waals surface area contributed by atoms with Gasteiger partial charge in [0.2, 0.25) is 10.0 Å². The second-order valence-electron chi connectivity index (χ2n) is 11.1. The number of aryl methyl sites for hydroxylation is 1. The summed E-state index contributed by atoms with van der Waals surface area (Å²) in [5, 5.41) is 0.543. The Balaban J connectivity index is 1.41. The van der Waals surface area contributed by atoms with Gasteiger partial charge in [-0.2, -0.15) is 4.31 Å². The molecule has 3 aromatic carbocycles. The number of benzene rings is 3. The quantitative estimate of drug-likeness (QED) is 0.124. The molecule has 4 aromatic rings. The third kappa shape index (κ3) is 7.68. The second kappa shape index (κ2) is 14.4. The predicted molar refractivity (Wildman–Crippen MR) is 179 cm³/mol. The Bertz CT molecular complexity index is 1930. The number of furan rings is 1. The van der Waals surface area contributed by atoms with Crippen LogP contribution >= 0.6 is 11.6 Å². The highest BCUT2D eigenvalue weighted by Crippen LogP contribution is 2.33. The van der Waals surface area contributed by atoms with E-state index in [4.69, 9.17) is 25.5 Å². The lowest BCUT2D eigenvalue weighted by Crippen LogP contribution is -2.30. The molecule has 0 fully saturated rings. The highest BCUT2D eigenvalue weighted by molar-refractivity contribution is 7.89. The summed E-state index contributed by atoms with van der Waals surface area (Å²) in [4.78, 5) is 28.2. The van der Waals surface area contributed by atoms with Gasteiger partial charge in [0, 0.05) is 23.8 Å². The molecule has 2 heterocycles. The highest BCUT2D eigenvalue weighted by Gasteiger charge is 2.37. The number of halogens is 1. The maximum Gasteiger partial charge on any atom is 0.340 e. The van der Waals surface area contributed by atoms with Crippen LogP contribution in [0.15, 0.2) is 111 Å². The van der Waals surface area contributed by atoms with Crippen LogP contribution in [0.3, 0.4) is 0 Å². The van der Waals surface area contributed by atoms with E-state index in [1.54, 1.807) is 79.6 Å². The van der Waals surface area contributed by atoms with Gasteiger partial charge >= 0.3 is 5.97 Å². The van der Waals surface area contributed by atoms with Crippen LogP contribution in [0.4, 0.5) is 0 Å². The molecule has 9 nitrogen and oxygen atoms in total. The van der Waals surface area contributed by atoms with Gasteiger partial charge in [-0.25, -0.2) is 13.2 Å². The lowest BCUT2D eigenvalue weighted by atomic mass is 10.1.